The SMILES string of the molecule is CCOCCN(C)c1nc(Cl)c(CCl)s1. The van der Waals surface area contributed by atoms with Gasteiger partial charge in [0.1, 0.15) is 5.15 Å². The van der Waals surface area contributed by atoms with Gasteiger partial charge >= 0.3 is 0 Å². The third kappa shape index (κ3) is 3.79. The summed E-state index contributed by atoms with van der Waals surface area (Å²) in [5, 5.41) is 1.39. The summed E-state index contributed by atoms with van der Waals surface area (Å²) in [6, 6.07) is 0. The van der Waals surface area contributed by atoms with Crippen LogP contribution in [0.1, 0.15) is 11.8 Å². The van der Waals surface area contributed by atoms with Crippen LogP contribution in [0.4, 0.5) is 5.13 Å². The van der Waals surface area contributed by atoms with Crippen molar-refractivity contribution in [2.45, 2.75) is 12.8 Å². The Balaban J connectivity index is 2.53. The molecule has 1 rings (SSSR count). The number of ether oxygens (including phenoxy) is 1. The highest BCUT2D eigenvalue weighted by Gasteiger charge is 2.11. The first kappa shape index (κ1) is 13.0. The molecule has 1 aromatic rings. The highest BCUT2D eigenvalue weighted by molar-refractivity contribution is 7.16. The zero-order chi connectivity index (χ0) is 11.3. The van der Waals surface area contributed by atoms with Crippen molar-refractivity contribution < 1.29 is 4.74 Å². The number of anilines is 1. The van der Waals surface area contributed by atoms with Crippen molar-refractivity contribution in [2.75, 3.05) is 31.7 Å². The lowest BCUT2D eigenvalue weighted by molar-refractivity contribution is 0.154. The largest absolute Gasteiger partial charge is 0.380 e. The summed E-state index contributed by atoms with van der Waals surface area (Å²) < 4.78 is 5.27. The van der Waals surface area contributed by atoms with Gasteiger partial charge in [-0.3, -0.25) is 0 Å². The maximum Gasteiger partial charge on any atom is 0.186 e. The zero-order valence-electron chi connectivity index (χ0n) is 8.80. The molecule has 3 nitrogen and oxygen atoms in total. The van der Waals surface area contributed by atoms with Gasteiger partial charge in [0.05, 0.1) is 17.4 Å². The number of likely N-dealkylation sites (N-methyl/N-ethyl adjacent to an activating group) is 1. The third-order valence-corrected chi connectivity index (χ3v) is 3.88. The number of hydrogen-bond donors (Lipinski definition) is 0. The van der Waals surface area contributed by atoms with E-state index in [0.717, 1.165) is 23.2 Å². The van der Waals surface area contributed by atoms with Crippen LogP contribution < -0.4 is 4.90 Å². The molecular weight excluding hydrogens is 255 g/mol. The van der Waals surface area contributed by atoms with Crippen LogP contribution in [-0.4, -0.2) is 31.8 Å². The normalized spacial score (nSPS) is 10.7. The van der Waals surface area contributed by atoms with Crippen LogP contribution in [0.3, 0.4) is 0 Å². The van der Waals surface area contributed by atoms with E-state index in [0.29, 0.717) is 17.6 Å². The van der Waals surface area contributed by atoms with E-state index >= 15 is 0 Å². The fourth-order valence-electron chi connectivity index (χ4n) is 1.01. The number of nitrogens with zero attached hydrogens (tertiary/aromatic N) is 2. The predicted octanol–water partition coefficient (Wildman–Crippen LogP) is 3.01. The van der Waals surface area contributed by atoms with E-state index in [-0.39, 0.29) is 0 Å². The molecule has 0 aliphatic carbocycles. The topological polar surface area (TPSA) is 25.4 Å². The summed E-state index contributed by atoms with van der Waals surface area (Å²) in [5.74, 6) is 0.413. The summed E-state index contributed by atoms with van der Waals surface area (Å²) >= 11 is 13.1. The first-order chi connectivity index (χ1) is 7.19. The molecule has 0 aliphatic heterocycles. The summed E-state index contributed by atoms with van der Waals surface area (Å²) in [7, 11) is 1.96. The van der Waals surface area contributed by atoms with E-state index in [9.17, 15) is 0 Å². The van der Waals surface area contributed by atoms with Gasteiger partial charge in [0.2, 0.25) is 0 Å². The third-order valence-electron chi connectivity index (χ3n) is 1.86. The van der Waals surface area contributed by atoms with Crippen molar-refractivity contribution in [3.63, 3.8) is 0 Å². The summed E-state index contributed by atoms with van der Waals surface area (Å²) in [5.41, 5.74) is 0. The van der Waals surface area contributed by atoms with E-state index in [4.69, 9.17) is 27.9 Å². The van der Waals surface area contributed by atoms with Crippen molar-refractivity contribution in [3.8, 4) is 0 Å². The highest BCUT2D eigenvalue weighted by atomic mass is 35.5. The van der Waals surface area contributed by atoms with Crippen LogP contribution in [0.2, 0.25) is 5.15 Å². The molecule has 15 heavy (non-hydrogen) atoms. The average molecular weight is 269 g/mol. The lowest BCUT2D eigenvalue weighted by Crippen LogP contribution is -2.22. The van der Waals surface area contributed by atoms with Gasteiger partial charge in [-0.15, -0.1) is 11.6 Å². The zero-order valence-corrected chi connectivity index (χ0v) is 11.1. The number of hydrogen-bond acceptors (Lipinski definition) is 4. The second-order valence-electron chi connectivity index (χ2n) is 2.96. The summed E-state index contributed by atoms with van der Waals surface area (Å²) in [6.45, 7) is 4.21. The molecular formula is C9H14Cl2N2OS. The molecule has 0 aromatic carbocycles. The first-order valence-corrected chi connectivity index (χ1v) is 6.42. The number of halogens is 2. The fourth-order valence-corrected chi connectivity index (χ4v) is 2.47. The lowest BCUT2D eigenvalue weighted by atomic mass is 10.6. The minimum atomic E-state index is 0.413. The molecule has 0 spiro atoms. The molecule has 0 radical (unpaired) electrons. The standard InChI is InChI=1S/C9H14Cl2N2OS/c1-3-14-5-4-13(2)9-12-8(11)7(6-10)15-9/h3-6H2,1-2H3. The van der Waals surface area contributed by atoms with E-state index in [2.05, 4.69) is 4.98 Å². The fraction of sp³-hybridized carbons (Fsp3) is 0.667. The van der Waals surface area contributed by atoms with Crippen LogP contribution in [0.15, 0.2) is 0 Å². The molecule has 0 atom stereocenters. The quantitative estimate of drug-likeness (QED) is 0.586. The predicted molar refractivity (Wildman–Crippen MR) is 66.4 cm³/mol. The van der Waals surface area contributed by atoms with Crippen LogP contribution >= 0.6 is 34.5 Å². The highest BCUT2D eigenvalue weighted by Crippen LogP contribution is 2.29. The van der Waals surface area contributed by atoms with Crippen molar-refractivity contribution >= 4 is 39.7 Å². The van der Waals surface area contributed by atoms with Crippen molar-refractivity contribution in [3.05, 3.63) is 10.0 Å². The van der Waals surface area contributed by atoms with Gasteiger partial charge in [0, 0.05) is 20.2 Å². The average Bonchev–Trinajstić information content (AvgIpc) is 2.60. The Morgan fingerprint density at radius 2 is 2.27 bits per heavy atom. The molecule has 1 heterocycles. The molecule has 0 bridgehead atoms. The Bertz CT molecular complexity index is 306. The molecule has 6 heteroatoms. The molecule has 0 unspecified atom stereocenters. The number of aromatic nitrogens is 1. The van der Waals surface area contributed by atoms with Gasteiger partial charge in [-0.25, -0.2) is 4.98 Å². The molecule has 0 N–H and O–H groups in total. The van der Waals surface area contributed by atoms with Gasteiger partial charge in [-0.2, -0.15) is 0 Å². The van der Waals surface area contributed by atoms with Gasteiger partial charge in [0.15, 0.2) is 5.13 Å². The Hall–Kier alpha value is -0.0300. The smallest absolute Gasteiger partial charge is 0.186 e. The van der Waals surface area contributed by atoms with E-state index in [1.165, 1.54) is 11.3 Å². The minimum Gasteiger partial charge on any atom is -0.380 e. The second kappa shape index (κ2) is 6.53. The van der Waals surface area contributed by atoms with E-state index in [1.54, 1.807) is 0 Å². The first-order valence-electron chi connectivity index (χ1n) is 4.69. The summed E-state index contributed by atoms with van der Waals surface area (Å²) in [4.78, 5) is 7.16. The maximum atomic E-state index is 5.91. The summed E-state index contributed by atoms with van der Waals surface area (Å²) in [6.07, 6.45) is 0. The number of rotatable bonds is 6. The van der Waals surface area contributed by atoms with Crippen LogP contribution in [0.5, 0.6) is 0 Å². The van der Waals surface area contributed by atoms with Crippen molar-refractivity contribution in [1.82, 2.24) is 4.98 Å². The van der Waals surface area contributed by atoms with Gasteiger partial charge in [-0.05, 0) is 6.92 Å². The van der Waals surface area contributed by atoms with E-state index in [1.807, 2.05) is 18.9 Å². The minimum absolute atomic E-state index is 0.413. The molecule has 0 amide bonds. The Morgan fingerprint density at radius 3 is 2.80 bits per heavy atom. The molecule has 0 saturated heterocycles. The second-order valence-corrected chi connectivity index (χ2v) is 4.65. The van der Waals surface area contributed by atoms with Gasteiger partial charge < -0.3 is 9.64 Å². The lowest BCUT2D eigenvalue weighted by Gasteiger charge is -2.14. The van der Waals surface area contributed by atoms with Gasteiger partial charge in [0.25, 0.3) is 0 Å². The Labute approximate surface area is 104 Å². The van der Waals surface area contributed by atoms with Gasteiger partial charge in [-0.1, -0.05) is 22.9 Å². The van der Waals surface area contributed by atoms with Crippen LogP contribution in [0.25, 0.3) is 0 Å². The Morgan fingerprint density at radius 1 is 1.53 bits per heavy atom. The van der Waals surface area contributed by atoms with Crippen LogP contribution in [-0.2, 0) is 10.6 Å². The molecule has 0 fully saturated rings. The van der Waals surface area contributed by atoms with Crippen molar-refractivity contribution in [1.29, 1.82) is 0 Å². The molecule has 0 saturated carbocycles. The monoisotopic (exact) mass is 268 g/mol. The molecule has 86 valence electrons. The molecule has 1 aromatic heterocycles. The number of thiazole rings is 1. The van der Waals surface area contributed by atoms with E-state index < -0.39 is 0 Å². The maximum absolute atomic E-state index is 5.91. The Kier molecular flexibility index (Phi) is 5.68. The van der Waals surface area contributed by atoms with Crippen molar-refractivity contribution in [2.24, 2.45) is 0 Å². The number of alkyl halides is 1. The molecule has 0 aliphatic rings. The van der Waals surface area contributed by atoms with Crippen LogP contribution in [0, 0.1) is 0 Å².